The molecule has 0 radical (unpaired) electrons. The van der Waals surface area contributed by atoms with Crippen LogP contribution in [0.5, 0.6) is 11.5 Å². The highest BCUT2D eigenvalue weighted by Gasteiger charge is 2.15. The van der Waals surface area contributed by atoms with Gasteiger partial charge in [-0.3, -0.25) is 0 Å². The number of methoxy groups -OCH3 is 1. The van der Waals surface area contributed by atoms with E-state index < -0.39 is 11.9 Å². The Morgan fingerprint density at radius 3 is 1.12 bits per heavy atom. The van der Waals surface area contributed by atoms with Crippen molar-refractivity contribution in [1.29, 1.82) is 0 Å². The SMILES string of the molecule is CC/C(=C(/c1ccc(O)cc1)c1ccc(/C=C/C(=O)O)cc1)c1ccccc1.CC/C(=C(\c1ccc(/C=C/C(=O)O)cc1)c1ccc(OC)cc1)c1ccccc1. The number of carboxylic acid groups (broad SMARTS) is 2. The van der Waals surface area contributed by atoms with Gasteiger partial charge in [0, 0.05) is 12.2 Å². The lowest BCUT2D eigenvalue weighted by Crippen LogP contribution is -1.95. The van der Waals surface area contributed by atoms with Crippen LogP contribution in [0.1, 0.15) is 71.2 Å². The van der Waals surface area contributed by atoms with Gasteiger partial charge in [-0.15, -0.1) is 0 Å². The second kappa shape index (κ2) is 20.5. The van der Waals surface area contributed by atoms with Gasteiger partial charge < -0.3 is 20.1 Å². The lowest BCUT2D eigenvalue weighted by atomic mass is 9.88. The average Bonchev–Trinajstić information content (AvgIpc) is 3.25. The molecular formula is C51H46O6. The molecule has 0 aromatic heterocycles. The number of allylic oxidation sites excluding steroid dienone is 2. The topological polar surface area (TPSA) is 104 Å². The fourth-order valence-corrected chi connectivity index (χ4v) is 6.60. The summed E-state index contributed by atoms with van der Waals surface area (Å²) in [5.41, 5.74) is 13.0. The first kappa shape index (κ1) is 41.0. The zero-order valence-electron chi connectivity index (χ0n) is 32.3. The lowest BCUT2D eigenvalue weighted by molar-refractivity contribution is -0.132. The summed E-state index contributed by atoms with van der Waals surface area (Å²) in [5.74, 6) is -0.869. The molecular weight excluding hydrogens is 709 g/mol. The van der Waals surface area contributed by atoms with Crippen LogP contribution >= 0.6 is 0 Å². The predicted molar refractivity (Wildman–Crippen MR) is 233 cm³/mol. The number of carboxylic acids is 2. The van der Waals surface area contributed by atoms with Crippen molar-refractivity contribution in [3.05, 3.63) is 214 Å². The number of hydrogen-bond acceptors (Lipinski definition) is 4. The Morgan fingerprint density at radius 1 is 0.474 bits per heavy atom. The second-order valence-electron chi connectivity index (χ2n) is 13.0. The molecule has 0 saturated heterocycles. The maximum absolute atomic E-state index is 10.8. The first-order valence-electron chi connectivity index (χ1n) is 18.7. The fraction of sp³-hybridized carbons (Fsp3) is 0.0980. The molecule has 6 heteroatoms. The lowest BCUT2D eigenvalue weighted by Gasteiger charge is -2.17. The molecule has 0 heterocycles. The Kier molecular flexibility index (Phi) is 14.7. The Labute approximate surface area is 334 Å². The first-order valence-corrected chi connectivity index (χ1v) is 18.7. The van der Waals surface area contributed by atoms with Crippen LogP contribution in [-0.4, -0.2) is 34.4 Å². The van der Waals surface area contributed by atoms with Gasteiger partial charge in [-0.05, 0) is 116 Å². The minimum absolute atomic E-state index is 0.231. The van der Waals surface area contributed by atoms with Gasteiger partial charge in [0.1, 0.15) is 11.5 Å². The number of rotatable bonds is 13. The van der Waals surface area contributed by atoms with Crippen LogP contribution in [0, 0.1) is 0 Å². The van der Waals surface area contributed by atoms with Crippen molar-refractivity contribution in [2.45, 2.75) is 26.7 Å². The highest BCUT2D eigenvalue weighted by molar-refractivity contribution is 6.00. The van der Waals surface area contributed by atoms with Crippen LogP contribution in [0.15, 0.2) is 170 Å². The van der Waals surface area contributed by atoms with E-state index >= 15 is 0 Å². The Morgan fingerprint density at radius 2 is 0.807 bits per heavy atom. The van der Waals surface area contributed by atoms with E-state index in [1.807, 2.05) is 97.1 Å². The van der Waals surface area contributed by atoms with Gasteiger partial charge in [0.15, 0.2) is 0 Å². The minimum Gasteiger partial charge on any atom is -0.508 e. The number of hydrogen-bond donors (Lipinski definition) is 3. The van der Waals surface area contributed by atoms with Crippen LogP contribution in [0.2, 0.25) is 0 Å². The third-order valence-electron chi connectivity index (χ3n) is 9.33. The maximum atomic E-state index is 10.8. The number of phenols is 1. The third-order valence-corrected chi connectivity index (χ3v) is 9.33. The number of aliphatic carboxylic acids is 2. The van der Waals surface area contributed by atoms with Crippen molar-refractivity contribution in [2.24, 2.45) is 0 Å². The summed E-state index contributed by atoms with van der Waals surface area (Å²) >= 11 is 0. The van der Waals surface area contributed by atoms with Crippen molar-refractivity contribution >= 4 is 46.4 Å². The Bertz CT molecular complexity index is 2350. The van der Waals surface area contributed by atoms with Crippen molar-refractivity contribution in [1.82, 2.24) is 0 Å². The fourth-order valence-electron chi connectivity index (χ4n) is 6.60. The summed E-state index contributed by atoms with van der Waals surface area (Å²) in [5, 5.41) is 27.3. The number of benzene rings is 6. The van der Waals surface area contributed by atoms with E-state index in [2.05, 4.69) is 62.4 Å². The highest BCUT2D eigenvalue weighted by atomic mass is 16.5. The molecule has 0 aliphatic rings. The molecule has 0 amide bonds. The molecule has 0 saturated carbocycles. The van der Waals surface area contributed by atoms with E-state index in [9.17, 15) is 14.7 Å². The normalized spacial score (nSPS) is 12.0. The van der Waals surface area contributed by atoms with Gasteiger partial charge in [0.05, 0.1) is 7.11 Å². The third kappa shape index (κ3) is 11.4. The second-order valence-corrected chi connectivity index (χ2v) is 13.0. The molecule has 3 N–H and O–H groups in total. The molecule has 0 aliphatic carbocycles. The predicted octanol–water partition coefficient (Wildman–Crippen LogP) is 12.0. The zero-order chi connectivity index (χ0) is 40.6. The summed E-state index contributed by atoms with van der Waals surface area (Å²) in [7, 11) is 1.66. The number of aromatic hydroxyl groups is 1. The van der Waals surface area contributed by atoms with Gasteiger partial charge in [-0.2, -0.15) is 0 Å². The van der Waals surface area contributed by atoms with Crippen LogP contribution < -0.4 is 4.74 Å². The molecule has 0 unspecified atom stereocenters. The van der Waals surface area contributed by atoms with Crippen molar-refractivity contribution < 1.29 is 29.6 Å². The summed E-state index contributed by atoms with van der Waals surface area (Å²) in [4.78, 5) is 21.5. The van der Waals surface area contributed by atoms with E-state index in [1.54, 1.807) is 31.4 Å². The number of phenolic OH excluding ortho intramolecular Hbond substituents is 1. The molecule has 0 fully saturated rings. The molecule has 0 spiro atoms. The van der Waals surface area contributed by atoms with E-state index in [0.29, 0.717) is 0 Å². The van der Waals surface area contributed by atoms with E-state index in [4.69, 9.17) is 14.9 Å². The highest BCUT2D eigenvalue weighted by Crippen LogP contribution is 2.36. The Balaban J connectivity index is 0.000000218. The summed E-state index contributed by atoms with van der Waals surface area (Å²) in [6.45, 7) is 4.29. The van der Waals surface area contributed by atoms with Crippen molar-refractivity contribution in [2.75, 3.05) is 7.11 Å². The molecule has 6 rings (SSSR count). The first-order chi connectivity index (χ1) is 27.7. The monoisotopic (exact) mass is 754 g/mol. The molecule has 6 nitrogen and oxygen atoms in total. The van der Waals surface area contributed by atoms with Crippen LogP contribution in [-0.2, 0) is 9.59 Å². The molecule has 0 bridgehead atoms. The minimum atomic E-state index is -0.967. The molecule has 6 aromatic rings. The summed E-state index contributed by atoms with van der Waals surface area (Å²) < 4.78 is 5.32. The van der Waals surface area contributed by atoms with Crippen LogP contribution in [0.3, 0.4) is 0 Å². The molecule has 6 aromatic carbocycles. The standard InChI is InChI=1S/C26H24O3.C25H22O3/c1-3-24(20-7-5-4-6-8-20)26(22-14-16-23(29-2)17-15-22)21-12-9-19(10-13-21)11-18-25(27)28;1-2-23(19-6-4-3-5-7-19)25(21-13-15-22(26)16-14-21)20-11-8-18(9-12-20)10-17-24(27)28/h4-18H,3H2,1-2H3,(H,27,28);3-17,26H,2H2,1H3,(H,27,28)/b18-11+,26-24-;17-10+,25-23-. The van der Waals surface area contributed by atoms with E-state index in [-0.39, 0.29) is 5.75 Å². The largest absolute Gasteiger partial charge is 0.508 e. The van der Waals surface area contributed by atoms with Crippen LogP contribution in [0.4, 0.5) is 0 Å². The van der Waals surface area contributed by atoms with Gasteiger partial charge in [-0.25, -0.2) is 9.59 Å². The van der Waals surface area contributed by atoms with Crippen molar-refractivity contribution in [3.63, 3.8) is 0 Å². The van der Waals surface area contributed by atoms with Gasteiger partial charge in [0.2, 0.25) is 0 Å². The Hall–Kier alpha value is -7.18. The average molecular weight is 755 g/mol. The molecule has 286 valence electrons. The van der Waals surface area contributed by atoms with Gasteiger partial charge >= 0.3 is 11.9 Å². The molecule has 0 atom stereocenters. The summed E-state index contributed by atoms with van der Waals surface area (Å²) in [6, 6.07) is 51.7. The quantitative estimate of drug-likeness (QED) is 0.0801. The number of ether oxygens (including phenoxy) is 1. The van der Waals surface area contributed by atoms with Gasteiger partial charge in [0.25, 0.3) is 0 Å². The smallest absolute Gasteiger partial charge is 0.328 e. The van der Waals surface area contributed by atoms with Crippen molar-refractivity contribution in [3.8, 4) is 11.5 Å². The van der Waals surface area contributed by atoms with Crippen LogP contribution in [0.25, 0.3) is 34.4 Å². The molecule has 0 aliphatic heterocycles. The molecule has 57 heavy (non-hydrogen) atoms. The van der Waals surface area contributed by atoms with E-state index in [0.717, 1.165) is 80.8 Å². The maximum Gasteiger partial charge on any atom is 0.328 e. The van der Waals surface area contributed by atoms with E-state index in [1.165, 1.54) is 16.7 Å². The van der Waals surface area contributed by atoms with Gasteiger partial charge in [-0.1, -0.05) is 147 Å². The number of carbonyl (C=O) groups is 2. The zero-order valence-corrected chi connectivity index (χ0v) is 32.3. The summed E-state index contributed by atoms with van der Waals surface area (Å²) in [6.07, 6.45) is 7.19.